The van der Waals surface area contributed by atoms with Crippen molar-refractivity contribution in [1.29, 1.82) is 0 Å². The van der Waals surface area contributed by atoms with E-state index in [1.54, 1.807) is 4.68 Å². The van der Waals surface area contributed by atoms with E-state index in [0.29, 0.717) is 48.6 Å². The average molecular weight is 394 g/mol. The van der Waals surface area contributed by atoms with Gasteiger partial charge in [-0.1, -0.05) is 5.21 Å². The molecule has 1 aliphatic carbocycles. The highest BCUT2D eigenvalue weighted by Crippen LogP contribution is 2.39. The molecule has 1 aromatic heterocycles. The topological polar surface area (TPSA) is 104 Å². The normalized spacial score (nSPS) is 17.6. The van der Waals surface area contributed by atoms with Crippen LogP contribution in [0.25, 0.3) is 5.69 Å². The van der Waals surface area contributed by atoms with Crippen LogP contribution in [0, 0.1) is 12.8 Å². The van der Waals surface area contributed by atoms with Crippen LogP contribution >= 0.6 is 12.4 Å². The zero-order valence-corrected chi connectivity index (χ0v) is 16.2. The van der Waals surface area contributed by atoms with Crippen LogP contribution in [0.15, 0.2) is 18.2 Å². The maximum Gasteiger partial charge on any atom is 0.274 e. The predicted octanol–water partition coefficient (Wildman–Crippen LogP) is 1.63. The van der Waals surface area contributed by atoms with Crippen molar-refractivity contribution >= 4 is 18.3 Å². The predicted molar refractivity (Wildman–Crippen MR) is 102 cm³/mol. The quantitative estimate of drug-likeness (QED) is 0.800. The monoisotopic (exact) mass is 393 g/mol. The molecule has 0 bridgehead atoms. The lowest BCUT2D eigenvalue weighted by Gasteiger charge is -2.29. The van der Waals surface area contributed by atoms with E-state index >= 15 is 0 Å². The smallest absolute Gasteiger partial charge is 0.274 e. The Labute approximate surface area is 163 Å². The number of hydrogen-bond donors (Lipinski definition) is 2. The van der Waals surface area contributed by atoms with Gasteiger partial charge < -0.3 is 20.5 Å². The fraction of sp³-hybridized carbons (Fsp3) is 0.500. The van der Waals surface area contributed by atoms with Gasteiger partial charge in [0, 0.05) is 12.6 Å². The SMILES string of the molecule is Cc1c(C(=O)NC(C)(CN)C2CC2)nnn1-c1ccc2c(c1)OCCO2.Cl. The summed E-state index contributed by atoms with van der Waals surface area (Å²) in [6, 6.07) is 5.54. The van der Waals surface area contributed by atoms with Crippen LogP contribution in [-0.2, 0) is 0 Å². The average Bonchev–Trinajstić information content (AvgIpc) is 3.44. The van der Waals surface area contributed by atoms with Crippen molar-refractivity contribution in [2.75, 3.05) is 19.8 Å². The van der Waals surface area contributed by atoms with E-state index in [1.807, 2.05) is 32.0 Å². The third-order valence-corrected chi connectivity index (χ3v) is 5.18. The number of amides is 1. The third-order valence-electron chi connectivity index (χ3n) is 5.18. The number of rotatable bonds is 5. The molecule has 2 heterocycles. The van der Waals surface area contributed by atoms with Crippen LogP contribution in [0.4, 0.5) is 0 Å². The molecule has 1 saturated carbocycles. The number of benzene rings is 1. The van der Waals surface area contributed by atoms with Crippen LogP contribution in [0.3, 0.4) is 0 Å². The Hall–Kier alpha value is -2.32. The number of nitrogens with one attached hydrogen (secondary N) is 1. The molecule has 1 aromatic carbocycles. The molecular formula is C18H24ClN5O3. The van der Waals surface area contributed by atoms with Crippen LogP contribution < -0.4 is 20.5 Å². The van der Waals surface area contributed by atoms with Gasteiger partial charge in [0.2, 0.25) is 0 Å². The fourth-order valence-corrected chi connectivity index (χ4v) is 3.31. The maximum absolute atomic E-state index is 12.7. The molecule has 2 aliphatic rings. The molecule has 1 fully saturated rings. The summed E-state index contributed by atoms with van der Waals surface area (Å²) in [7, 11) is 0. The molecule has 0 saturated heterocycles. The third kappa shape index (κ3) is 3.59. The van der Waals surface area contributed by atoms with Crippen molar-refractivity contribution in [2.24, 2.45) is 11.7 Å². The van der Waals surface area contributed by atoms with Gasteiger partial charge in [0.05, 0.1) is 16.9 Å². The van der Waals surface area contributed by atoms with E-state index in [-0.39, 0.29) is 18.3 Å². The molecule has 1 atom stereocenters. The van der Waals surface area contributed by atoms with Crippen LogP contribution in [-0.4, -0.2) is 46.2 Å². The number of carbonyl (C=O) groups excluding carboxylic acids is 1. The van der Waals surface area contributed by atoms with Gasteiger partial charge in [-0.3, -0.25) is 4.79 Å². The number of hydrogen-bond acceptors (Lipinski definition) is 6. The first-order valence-electron chi connectivity index (χ1n) is 8.87. The first-order valence-corrected chi connectivity index (χ1v) is 8.87. The second kappa shape index (κ2) is 7.36. The molecule has 1 amide bonds. The van der Waals surface area contributed by atoms with Gasteiger partial charge in [0.15, 0.2) is 17.2 Å². The van der Waals surface area contributed by atoms with Gasteiger partial charge in [0.1, 0.15) is 13.2 Å². The molecular weight excluding hydrogens is 370 g/mol. The summed E-state index contributed by atoms with van der Waals surface area (Å²) in [6.07, 6.45) is 2.19. The molecule has 3 N–H and O–H groups in total. The maximum atomic E-state index is 12.7. The minimum atomic E-state index is -0.399. The van der Waals surface area contributed by atoms with Crippen LogP contribution in [0.2, 0.25) is 0 Å². The largest absolute Gasteiger partial charge is 0.486 e. The summed E-state index contributed by atoms with van der Waals surface area (Å²) < 4.78 is 12.8. The molecule has 0 radical (unpaired) electrons. The summed E-state index contributed by atoms with van der Waals surface area (Å²) in [5.41, 5.74) is 7.23. The van der Waals surface area contributed by atoms with E-state index in [9.17, 15) is 4.79 Å². The molecule has 1 unspecified atom stereocenters. The minimum Gasteiger partial charge on any atom is -0.486 e. The standard InChI is InChI=1S/C18H23N5O3.ClH/c1-11-16(17(24)20-18(2,10-19)12-3-4-12)21-22-23(11)13-5-6-14-15(9-13)26-8-7-25-14;/h5-6,9,12H,3-4,7-8,10,19H2,1-2H3,(H,20,24);1H. The zero-order valence-electron chi connectivity index (χ0n) is 15.4. The number of aromatic nitrogens is 3. The van der Waals surface area contributed by atoms with Gasteiger partial charge in [-0.05, 0) is 44.7 Å². The Bertz CT molecular complexity index is 852. The lowest BCUT2D eigenvalue weighted by molar-refractivity contribution is 0.0892. The second-order valence-electron chi connectivity index (χ2n) is 7.11. The van der Waals surface area contributed by atoms with E-state index in [0.717, 1.165) is 18.5 Å². The number of nitrogens with two attached hydrogens (primary N) is 1. The highest BCUT2D eigenvalue weighted by atomic mass is 35.5. The minimum absolute atomic E-state index is 0. The molecule has 146 valence electrons. The van der Waals surface area contributed by atoms with Gasteiger partial charge in [-0.25, -0.2) is 4.68 Å². The summed E-state index contributed by atoms with van der Waals surface area (Å²) in [6.45, 7) is 5.27. The van der Waals surface area contributed by atoms with Crippen molar-refractivity contribution < 1.29 is 14.3 Å². The second-order valence-corrected chi connectivity index (χ2v) is 7.11. The Kier molecular flexibility index (Phi) is 5.30. The molecule has 2 aromatic rings. The van der Waals surface area contributed by atoms with Crippen LogP contribution in [0.5, 0.6) is 11.5 Å². The van der Waals surface area contributed by atoms with Gasteiger partial charge in [0.25, 0.3) is 5.91 Å². The molecule has 9 heteroatoms. The Morgan fingerprint density at radius 1 is 1.33 bits per heavy atom. The lowest BCUT2D eigenvalue weighted by Crippen LogP contribution is -2.53. The molecule has 27 heavy (non-hydrogen) atoms. The Morgan fingerprint density at radius 2 is 2.04 bits per heavy atom. The zero-order chi connectivity index (χ0) is 18.3. The Morgan fingerprint density at radius 3 is 2.70 bits per heavy atom. The van der Waals surface area contributed by atoms with Crippen LogP contribution in [0.1, 0.15) is 35.9 Å². The number of fused-ring (bicyclic) bond motifs is 1. The number of nitrogens with zero attached hydrogens (tertiary/aromatic N) is 3. The van der Waals surface area contributed by atoms with E-state index in [2.05, 4.69) is 15.6 Å². The summed E-state index contributed by atoms with van der Waals surface area (Å²) in [4.78, 5) is 12.7. The van der Waals surface area contributed by atoms with Gasteiger partial charge in [-0.15, -0.1) is 17.5 Å². The van der Waals surface area contributed by atoms with Crippen molar-refractivity contribution in [2.45, 2.75) is 32.2 Å². The molecule has 8 nitrogen and oxygen atoms in total. The highest BCUT2D eigenvalue weighted by Gasteiger charge is 2.42. The van der Waals surface area contributed by atoms with Crippen molar-refractivity contribution in [3.63, 3.8) is 0 Å². The summed E-state index contributed by atoms with van der Waals surface area (Å²) in [5, 5.41) is 11.3. The van der Waals surface area contributed by atoms with Crippen molar-refractivity contribution in [1.82, 2.24) is 20.3 Å². The summed E-state index contributed by atoms with van der Waals surface area (Å²) in [5.74, 6) is 1.56. The summed E-state index contributed by atoms with van der Waals surface area (Å²) >= 11 is 0. The Balaban J connectivity index is 0.00000210. The highest BCUT2D eigenvalue weighted by molar-refractivity contribution is 5.93. The number of carbonyl (C=O) groups is 1. The lowest BCUT2D eigenvalue weighted by atomic mass is 9.95. The van der Waals surface area contributed by atoms with E-state index < -0.39 is 5.54 Å². The van der Waals surface area contributed by atoms with Crippen molar-refractivity contribution in [3.8, 4) is 17.2 Å². The molecule has 4 rings (SSSR count). The number of ether oxygens (including phenoxy) is 2. The fourth-order valence-electron chi connectivity index (χ4n) is 3.31. The van der Waals surface area contributed by atoms with E-state index in [4.69, 9.17) is 15.2 Å². The first kappa shape index (κ1) is 19.4. The van der Waals surface area contributed by atoms with E-state index in [1.165, 1.54) is 0 Å². The number of halogens is 1. The molecule has 1 aliphatic heterocycles. The van der Waals surface area contributed by atoms with Gasteiger partial charge in [-0.2, -0.15) is 0 Å². The van der Waals surface area contributed by atoms with Gasteiger partial charge >= 0.3 is 0 Å². The first-order chi connectivity index (χ1) is 12.5. The molecule has 0 spiro atoms. The van der Waals surface area contributed by atoms with Crippen molar-refractivity contribution in [3.05, 3.63) is 29.6 Å².